The number of hydrogen-bond donors (Lipinski definition) is 2. The molecular formula is C12H13ClN4O3. The van der Waals surface area contributed by atoms with Crippen molar-refractivity contribution in [3.05, 3.63) is 35.1 Å². The van der Waals surface area contributed by atoms with Crippen molar-refractivity contribution in [2.45, 2.75) is 13.2 Å². The molecule has 0 atom stereocenters. The molecule has 0 radical (unpaired) electrons. The van der Waals surface area contributed by atoms with Gasteiger partial charge in [0.1, 0.15) is 18.0 Å². The lowest BCUT2D eigenvalue weighted by molar-refractivity contribution is -0.116. The van der Waals surface area contributed by atoms with Gasteiger partial charge in [-0.3, -0.25) is 4.79 Å². The van der Waals surface area contributed by atoms with E-state index in [9.17, 15) is 4.79 Å². The van der Waals surface area contributed by atoms with Crippen molar-refractivity contribution in [1.29, 1.82) is 0 Å². The minimum Gasteiger partial charge on any atom is -0.495 e. The van der Waals surface area contributed by atoms with Crippen LogP contribution in [0.3, 0.4) is 0 Å². The lowest BCUT2D eigenvalue weighted by Gasteiger charge is -2.10. The Morgan fingerprint density at radius 1 is 1.55 bits per heavy atom. The van der Waals surface area contributed by atoms with Gasteiger partial charge in [-0.1, -0.05) is 16.8 Å². The van der Waals surface area contributed by atoms with Gasteiger partial charge in [0.15, 0.2) is 0 Å². The Labute approximate surface area is 120 Å². The normalized spacial score (nSPS) is 10.3. The first-order chi connectivity index (χ1) is 9.62. The molecule has 8 heteroatoms. The number of nitrogens with zero attached hydrogens (tertiary/aromatic N) is 3. The summed E-state index contributed by atoms with van der Waals surface area (Å²) >= 11 is 5.88. The van der Waals surface area contributed by atoms with Crippen LogP contribution in [0.5, 0.6) is 5.75 Å². The van der Waals surface area contributed by atoms with Gasteiger partial charge in [0.2, 0.25) is 5.91 Å². The highest BCUT2D eigenvalue weighted by Crippen LogP contribution is 2.27. The highest BCUT2D eigenvalue weighted by molar-refractivity contribution is 6.31. The first-order valence-electron chi connectivity index (χ1n) is 5.75. The molecule has 0 fully saturated rings. The summed E-state index contributed by atoms with van der Waals surface area (Å²) in [5.41, 5.74) is 0.880. The van der Waals surface area contributed by atoms with Crippen molar-refractivity contribution in [3.8, 4) is 5.75 Å². The Morgan fingerprint density at radius 2 is 2.35 bits per heavy atom. The zero-order chi connectivity index (χ0) is 14.5. The molecule has 2 rings (SSSR count). The molecule has 0 aliphatic rings. The second-order valence-electron chi connectivity index (χ2n) is 3.96. The second-order valence-corrected chi connectivity index (χ2v) is 4.39. The number of carbonyl (C=O) groups excluding carboxylic acids is 1. The summed E-state index contributed by atoms with van der Waals surface area (Å²) in [5, 5.41) is 19.4. The van der Waals surface area contributed by atoms with E-state index in [4.69, 9.17) is 21.4 Å². The largest absolute Gasteiger partial charge is 0.495 e. The summed E-state index contributed by atoms with van der Waals surface area (Å²) in [7, 11) is 1.50. The number of amides is 1. The van der Waals surface area contributed by atoms with Crippen molar-refractivity contribution >= 4 is 23.2 Å². The number of aromatic nitrogens is 3. The van der Waals surface area contributed by atoms with E-state index >= 15 is 0 Å². The molecule has 1 aromatic heterocycles. The van der Waals surface area contributed by atoms with Gasteiger partial charge in [0, 0.05) is 5.02 Å². The van der Waals surface area contributed by atoms with E-state index in [0.29, 0.717) is 22.2 Å². The maximum absolute atomic E-state index is 11.9. The minimum absolute atomic E-state index is 0.0251. The third-order valence-corrected chi connectivity index (χ3v) is 2.72. The van der Waals surface area contributed by atoms with Gasteiger partial charge in [0.05, 0.1) is 25.6 Å². The predicted molar refractivity (Wildman–Crippen MR) is 72.6 cm³/mol. The molecule has 1 amide bonds. The number of ether oxygens (including phenoxy) is 1. The van der Waals surface area contributed by atoms with E-state index in [1.165, 1.54) is 18.0 Å². The molecule has 0 unspecified atom stereocenters. The number of aliphatic hydroxyl groups is 1. The average molecular weight is 297 g/mol. The first kappa shape index (κ1) is 14.3. The van der Waals surface area contributed by atoms with Gasteiger partial charge in [-0.15, -0.1) is 5.10 Å². The fourth-order valence-corrected chi connectivity index (χ4v) is 1.78. The van der Waals surface area contributed by atoms with Gasteiger partial charge in [-0.25, -0.2) is 4.68 Å². The monoisotopic (exact) mass is 296 g/mol. The van der Waals surface area contributed by atoms with Crippen LogP contribution in [0.15, 0.2) is 24.4 Å². The maximum atomic E-state index is 11.9. The fraction of sp³-hybridized carbons (Fsp3) is 0.250. The number of carbonyl (C=O) groups is 1. The molecular weight excluding hydrogens is 284 g/mol. The molecule has 20 heavy (non-hydrogen) atoms. The van der Waals surface area contributed by atoms with Crippen LogP contribution in [0.4, 0.5) is 5.69 Å². The van der Waals surface area contributed by atoms with Crippen LogP contribution in [0.2, 0.25) is 5.02 Å². The highest BCUT2D eigenvalue weighted by atomic mass is 35.5. The number of halogens is 1. The molecule has 0 saturated heterocycles. The number of nitrogens with one attached hydrogen (secondary N) is 1. The number of anilines is 1. The van der Waals surface area contributed by atoms with Crippen molar-refractivity contribution in [2.75, 3.05) is 12.4 Å². The average Bonchev–Trinajstić information content (AvgIpc) is 2.86. The summed E-state index contributed by atoms with van der Waals surface area (Å²) in [6.45, 7) is -0.244. The van der Waals surface area contributed by atoms with Crippen molar-refractivity contribution in [1.82, 2.24) is 15.0 Å². The Kier molecular flexibility index (Phi) is 4.54. The zero-order valence-electron chi connectivity index (χ0n) is 10.7. The third-order valence-electron chi connectivity index (χ3n) is 2.49. The standard InChI is InChI=1S/C12H13ClN4O3/c1-20-11-3-2-8(13)4-10(11)14-12(19)6-17-5-9(7-18)15-16-17/h2-5,18H,6-7H2,1H3,(H,14,19). The van der Waals surface area contributed by atoms with Crippen LogP contribution in [-0.2, 0) is 17.9 Å². The summed E-state index contributed by atoms with van der Waals surface area (Å²) in [5.74, 6) is 0.206. The SMILES string of the molecule is COc1ccc(Cl)cc1NC(=O)Cn1cc(CO)nn1. The van der Waals surface area contributed by atoms with Crippen LogP contribution in [0.25, 0.3) is 0 Å². The first-order valence-corrected chi connectivity index (χ1v) is 6.13. The Hall–Kier alpha value is -2.12. The van der Waals surface area contributed by atoms with E-state index < -0.39 is 0 Å². The number of benzene rings is 1. The van der Waals surface area contributed by atoms with E-state index in [1.807, 2.05) is 0 Å². The van der Waals surface area contributed by atoms with Crippen molar-refractivity contribution < 1.29 is 14.6 Å². The second kappa shape index (κ2) is 6.36. The topological polar surface area (TPSA) is 89.3 Å². The Morgan fingerprint density at radius 3 is 3.00 bits per heavy atom. The van der Waals surface area contributed by atoms with Crippen LogP contribution in [0.1, 0.15) is 5.69 Å². The van der Waals surface area contributed by atoms with E-state index in [0.717, 1.165) is 0 Å². The van der Waals surface area contributed by atoms with Crippen LogP contribution < -0.4 is 10.1 Å². The zero-order valence-corrected chi connectivity index (χ0v) is 11.5. The van der Waals surface area contributed by atoms with Gasteiger partial charge >= 0.3 is 0 Å². The van der Waals surface area contributed by atoms with Crippen LogP contribution in [-0.4, -0.2) is 33.1 Å². The minimum atomic E-state index is -0.306. The number of rotatable bonds is 5. The summed E-state index contributed by atoms with van der Waals surface area (Å²) in [4.78, 5) is 11.9. The Balaban J connectivity index is 2.06. The molecule has 2 aromatic rings. The number of methoxy groups -OCH3 is 1. The molecule has 7 nitrogen and oxygen atoms in total. The molecule has 0 aliphatic heterocycles. The van der Waals surface area contributed by atoms with Crippen LogP contribution in [0, 0.1) is 0 Å². The lowest BCUT2D eigenvalue weighted by atomic mass is 10.3. The molecule has 0 saturated carbocycles. The fourth-order valence-electron chi connectivity index (χ4n) is 1.60. The van der Waals surface area contributed by atoms with E-state index in [2.05, 4.69) is 15.6 Å². The summed E-state index contributed by atoms with van der Waals surface area (Å²) < 4.78 is 6.46. The van der Waals surface area contributed by atoms with Gasteiger partial charge < -0.3 is 15.2 Å². The highest BCUT2D eigenvalue weighted by Gasteiger charge is 2.10. The molecule has 2 N–H and O–H groups in total. The van der Waals surface area contributed by atoms with Crippen molar-refractivity contribution in [2.24, 2.45) is 0 Å². The summed E-state index contributed by atoms with van der Waals surface area (Å²) in [6.07, 6.45) is 1.49. The molecule has 106 valence electrons. The smallest absolute Gasteiger partial charge is 0.246 e. The van der Waals surface area contributed by atoms with E-state index in [-0.39, 0.29) is 19.1 Å². The molecule has 1 heterocycles. The van der Waals surface area contributed by atoms with Gasteiger partial charge in [0.25, 0.3) is 0 Å². The van der Waals surface area contributed by atoms with E-state index in [1.54, 1.807) is 18.2 Å². The quantitative estimate of drug-likeness (QED) is 0.861. The maximum Gasteiger partial charge on any atom is 0.246 e. The number of aliphatic hydroxyl groups excluding tert-OH is 1. The Bertz CT molecular complexity index is 614. The van der Waals surface area contributed by atoms with Gasteiger partial charge in [-0.2, -0.15) is 0 Å². The molecule has 1 aromatic carbocycles. The third kappa shape index (κ3) is 3.46. The molecule has 0 aliphatic carbocycles. The van der Waals surface area contributed by atoms with Crippen LogP contribution >= 0.6 is 11.6 Å². The summed E-state index contributed by atoms with van der Waals surface area (Å²) in [6, 6.07) is 4.93. The van der Waals surface area contributed by atoms with Gasteiger partial charge in [-0.05, 0) is 18.2 Å². The molecule has 0 bridgehead atoms. The number of hydrogen-bond acceptors (Lipinski definition) is 5. The van der Waals surface area contributed by atoms with Crippen molar-refractivity contribution in [3.63, 3.8) is 0 Å². The lowest BCUT2D eigenvalue weighted by Crippen LogP contribution is -2.19. The predicted octanol–water partition coefficient (Wildman–Crippen LogP) is 1.07. The molecule has 0 spiro atoms.